The molecule has 0 unspecified atom stereocenters. The zero-order valence-electron chi connectivity index (χ0n) is 7.83. The second kappa shape index (κ2) is 4.96. The predicted molar refractivity (Wildman–Crippen MR) is 62.5 cm³/mol. The first-order valence-electron chi connectivity index (χ1n) is 3.98. The minimum absolute atomic E-state index is 0.0656. The number of carbonyl (C=O) groups excluding carboxylic acids is 1. The summed E-state index contributed by atoms with van der Waals surface area (Å²) in [6.45, 7) is 0. The molecule has 1 aromatic carbocycles. The summed E-state index contributed by atoms with van der Waals surface area (Å²) in [7, 11) is 1.27. The molecule has 3 N–H and O–H groups in total. The number of phenolic OH excluding ortho intramolecular Hbond substituents is 1. The van der Waals surface area contributed by atoms with E-state index in [-0.39, 0.29) is 5.75 Å². The van der Waals surface area contributed by atoms with Crippen LogP contribution in [0.3, 0.4) is 0 Å². The summed E-state index contributed by atoms with van der Waals surface area (Å²) in [4.78, 5) is 11.2. The van der Waals surface area contributed by atoms with Crippen LogP contribution in [0.25, 0.3) is 0 Å². The van der Waals surface area contributed by atoms with Crippen molar-refractivity contribution >= 4 is 37.8 Å². The van der Waals surface area contributed by atoms with Gasteiger partial charge in [0, 0.05) is 0 Å². The number of carbonyl (C=O) groups is 1. The van der Waals surface area contributed by atoms with Crippen molar-refractivity contribution in [1.29, 1.82) is 0 Å². The van der Waals surface area contributed by atoms with E-state index < -0.39 is 12.0 Å². The third-order valence-electron chi connectivity index (χ3n) is 1.85. The van der Waals surface area contributed by atoms with Gasteiger partial charge in [-0.3, -0.25) is 4.79 Å². The van der Waals surface area contributed by atoms with Crippen LogP contribution in [0.15, 0.2) is 21.1 Å². The molecule has 0 aromatic heterocycles. The van der Waals surface area contributed by atoms with Crippen molar-refractivity contribution in [2.24, 2.45) is 5.73 Å². The summed E-state index contributed by atoms with van der Waals surface area (Å²) >= 11 is 6.30. The molecule has 0 aliphatic rings. The molecule has 1 atom stereocenters. The fourth-order valence-electron chi connectivity index (χ4n) is 1.03. The Bertz CT molecular complexity index is 372. The Labute approximate surface area is 104 Å². The lowest BCUT2D eigenvalue weighted by molar-refractivity contribution is -0.142. The largest absolute Gasteiger partial charge is 0.506 e. The molecule has 6 heteroatoms. The number of hydrogen-bond acceptors (Lipinski definition) is 4. The minimum atomic E-state index is -0.858. The van der Waals surface area contributed by atoms with Crippen LogP contribution in [0.5, 0.6) is 5.75 Å². The predicted octanol–water partition coefficient (Wildman–Crippen LogP) is 2.09. The van der Waals surface area contributed by atoms with Crippen LogP contribution in [0.2, 0.25) is 0 Å². The molecule has 82 valence electrons. The minimum Gasteiger partial charge on any atom is -0.506 e. The number of aromatic hydroxyl groups is 1. The normalized spacial score (nSPS) is 12.3. The van der Waals surface area contributed by atoms with Crippen LogP contribution in [0, 0.1) is 0 Å². The molecule has 0 saturated carbocycles. The van der Waals surface area contributed by atoms with E-state index in [4.69, 9.17) is 5.73 Å². The topological polar surface area (TPSA) is 72.5 Å². The summed E-state index contributed by atoms with van der Waals surface area (Å²) in [5, 5.41) is 9.46. The molecule has 0 amide bonds. The van der Waals surface area contributed by atoms with Crippen LogP contribution in [0.4, 0.5) is 0 Å². The highest BCUT2D eigenvalue weighted by Gasteiger charge is 2.18. The number of rotatable bonds is 2. The number of hydrogen-bond donors (Lipinski definition) is 2. The molecule has 0 aliphatic heterocycles. The SMILES string of the molecule is COC(=O)[C@H](N)c1cc(Br)c(O)c(Br)c1. The average molecular weight is 339 g/mol. The van der Waals surface area contributed by atoms with Crippen molar-refractivity contribution in [2.45, 2.75) is 6.04 Å². The molecule has 1 aromatic rings. The number of benzene rings is 1. The number of ether oxygens (including phenoxy) is 1. The Morgan fingerprint density at radius 2 is 1.93 bits per heavy atom. The summed E-state index contributed by atoms with van der Waals surface area (Å²) in [5.41, 5.74) is 6.19. The Morgan fingerprint density at radius 1 is 1.47 bits per heavy atom. The fourth-order valence-corrected chi connectivity index (χ4v) is 2.25. The van der Waals surface area contributed by atoms with Gasteiger partial charge in [-0.25, -0.2) is 0 Å². The van der Waals surface area contributed by atoms with E-state index in [0.717, 1.165) is 0 Å². The van der Waals surface area contributed by atoms with Crippen LogP contribution < -0.4 is 5.73 Å². The van der Waals surface area contributed by atoms with Gasteiger partial charge in [-0.2, -0.15) is 0 Å². The van der Waals surface area contributed by atoms with E-state index >= 15 is 0 Å². The van der Waals surface area contributed by atoms with Crippen molar-refractivity contribution in [3.05, 3.63) is 26.6 Å². The molecular formula is C9H9Br2NO3. The Morgan fingerprint density at radius 3 is 2.33 bits per heavy atom. The third-order valence-corrected chi connectivity index (χ3v) is 3.06. The second-order valence-corrected chi connectivity index (χ2v) is 4.54. The first-order valence-corrected chi connectivity index (χ1v) is 5.57. The van der Waals surface area contributed by atoms with E-state index in [9.17, 15) is 9.90 Å². The molecule has 15 heavy (non-hydrogen) atoms. The smallest absolute Gasteiger partial charge is 0.327 e. The van der Waals surface area contributed by atoms with Gasteiger partial charge in [0.15, 0.2) is 0 Å². The number of esters is 1. The molecular weight excluding hydrogens is 330 g/mol. The molecule has 0 heterocycles. The van der Waals surface area contributed by atoms with Crippen molar-refractivity contribution in [1.82, 2.24) is 0 Å². The molecule has 0 saturated heterocycles. The Balaban J connectivity index is 3.11. The van der Waals surface area contributed by atoms with Crippen molar-refractivity contribution in [3.8, 4) is 5.75 Å². The highest BCUT2D eigenvalue weighted by atomic mass is 79.9. The standard InChI is InChI=1S/C9H9Br2NO3/c1-15-9(14)7(12)4-2-5(10)8(13)6(11)3-4/h2-3,7,13H,12H2,1H3/t7-/m1/s1. The molecule has 1 rings (SSSR count). The highest BCUT2D eigenvalue weighted by Crippen LogP contribution is 2.34. The Hall–Kier alpha value is -0.590. The number of halogens is 2. The highest BCUT2D eigenvalue weighted by molar-refractivity contribution is 9.11. The van der Waals surface area contributed by atoms with Gasteiger partial charge in [0.05, 0.1) is 16.1 Å². The second-order valence-electron chi connectivity index (χ2n) is 2.83. The van der Waals surface area contributed by atoms with Crippen LogP contribution >= 0.6 is 31.9 Å². The maximum atomic E-state index is 11.2. The zero-order chi connectivity index (χ0) is 11.6. The van der Waals surface area contributed by atoms with Gasteiger partial charge < -0.3 is 15.6 Å². The lowest BCUT2D eigenvalue weighted by Crippen LogP contribution is -2.22. The van der Waals surface area contributed by atoms with E-state index in [1.807, 2.05) is 0 Å². The van der Waals surface area contributed by atoms with Gasteiger partial charge in [-0.1, -0.05) is 0 Å². The molecule has 4 nitrogen and oxygen atoms in total. The van der Waals surface area contributed by atoms with Crippen LogP contribution in [0.1, 0.15) is 11.6 Å². The average Bonchev–Trinajstić information content (AvgIpc) is 2.23. The van der Waals surface area contributed by atoms with Crippen LogP contribution in [-0.2, 0) is 9.53 Å². The van der Waals surface area contributed by atoms with Gasteiger partial charge in [0.1, 0.15) is 11.8 Å². The van der Waals surface area contributed by atoms with Gasteiger partial charge in [-0.15, -0.1) is 0 Å². The summed E-state index contributed by atoms with van der Waals surface area (Å²) in [6, 6.07) is 2.28. The lowest BCUT2D eigenvalue weighted by atomic mass is 10.1. The van der Waals surface area contributed by atoms with Gasteiger partial charge in [-0.05, 0) is 49.6 Å². The van der Waals surface area contributed by atoms with E-state index in [2.05, 4.69) is 36.6 Å². The molecule has 0 aliphatic carbocycles. The van der Waals surface area contributed by atoms with Crippen LogP contribution in [-0.4, -0.2) is 18.2 Å². The molecule has 0 radical (unpaired) electrons. The quantitative estimate of drug-likeness (QED) is 0.810. The maximum absolute atomic E-state index is 11.2. The summed E-state index contributed by atoms with van der Waals surface area (Å²) < 4.78 is 5.45. The monoisotopic (exact) mass is 337 g/mol. The first-order chi connectivity index (χ1) is 6.97. The third kappa shape index (κ3) is 2.70. The molecule has 0 spiro atoms. The summed E-state index contributed by atoms with van der Waals surface area (Å²) in [6.07, 6.45) is 0. The van der Waals surface area contributed by atoms with Crippen molar-refractivity contribution < 1.29 is 14.6 Å². The zero-order valence-corrected chi connectivity index (χ0v) is 11.0. The number of phenols is 1. The molecule has 0 fully saturated rings. The van der Waals surface area contributed by atoms with Gasteiger partial charge in [0.2, 0.25) is 0 Å². The lowest BCUT2D eigenvalue weighted by Gasteiger charge is -2.11. The van der Waals surface area contributed by atoms with Crippen molar-refractivity contribution in [2.75, 3.05) is 7.11 Å². The van der Waals surface area contributed by atoms with Crippen molar-refractivity contribution in [3.63, 3.8) is 0 Å². The number of methoxy groups -OCH3 is 1. The maximum Gasteiger partial charge on any atom is 0.327 e. The number of nitrogens with two attached hydrogens (primary N) is 1. The van der Waals surface area contributed by atoms with E-state index in [0.29, 0.717) is 14.5 Å². The summed E-state index contributed by atoms with van der Waals surface area (Å²) in [5.74, 6) is -0.463. The van der Waals surface area contributed by atoms with Gasteiger partial charge in [0.25, 0.3) is 0 Å². The van der Waals surface area contributed by atoms with Gasteiger partial charge >= 0.3 is 5.97 Å². The molecule has 0 bridgehead atoms. The fraction of sp³-hybridized carbons (Fsp3) is 0.222. The first kappa shape index (κ1) is 12.5. The van der Waals surface area contributed by atoms with E-state index in [1.54, 1.807) is 12.1 Å². The van der Waals surface area contributed by atoms with E-state index in [1.165, 1.54) is 7.11 Å². The Kier molecular flexibility index (Phi) is 4.12.